The molecule has 138 valence electrons. The van der Waals surface area contributed by atoms with Crippen LogP contribution in [0, 0.1) is 5.82 Å². The van der Waals surface area contributed by atoms with E-state index in [9.17, 15) is 14.3 Å². The highest BCUT2D eigenvalue weighted by molar-refractivity contribution is 5.95. The van der Waals surface area contributed by atoms with Crippen LogP contribution in [0.25, 0.3) is 0 Å². The molecule has 0 unspecified atom stereocenters. The summed E-state index contributed by atoms with van der Waals surface area (Å²) < 4.78 is 20.2. The molecule has 1 N–H and O–H groups in total. The zero-order valence-electron chi connectivity index (χ0n) is 14.9. The van der Waals surface area contributed by atoms with Gasteiger partial charge < -0.3 is 19.6 Å². The Kier molecular flexibility index (Phi) is 5.54. The van der Waals surface area contributed by atoms with Gasteiger partial charge in [-0.2, -0.15) is 0 Å². The highest BCUT2D eigenvalue weighted by Gasteiger charge is 2.37. The molecule has 1 aliphatic rings. The van der Waals surface area contributed by atoms with Crippen molar-refractivity contribution in [3.05, 3.63) is 65.5 Å². The molecule has 0 aromatic heterocycles. The fourth-order valence-electron chi connectivity index (χ4n) is 3.35. The Hall–Kier alpha value is -2.44. The van der Waals surface area contributed by atoms with Crippen LogP contribution in [-0.2, 0) is 4.74 Å². The van der Waals surface area contributed by atoms with E-state index in [1.54, 1.807) is 4.90 Å². The molecule has 0 radical (unpaired) electrons. The highest BCUT2D eigenvalue weighted by Crippen LogP contribution is 2.32. The summed E-state index contributed by atoms with van der Waals surface area (Å²) in [5.41, 5.74) is 0.810. The van der Waals surface area contributed by atoms with Gasteiger partial charge in [-0.15, -0.1) is 0 Å². The number of ether oxygens (including phenoxy) is 1. The first kappa shape index (κ1) is 18.4. The lowest BCUT2D eigenvalue weighted by Crippen LogP contribution is -2.51. The number of hydrogen-bond acceptors (Lipinski definition) is 4. The van der Waals surface area contributed by atoms with Gasteiger partial charge in [-0.05, 0) is 37.9 Å². The van der Waals surface area contributed by atoms with Gasteiger partial charge in [-0.1, -0.05) is 30.3 Å². The molecule has 5 nitrogen and oxygen atoms in total. The summed E-state index contributed by atoms with van der Waals surface area (Å²) in [6.07, 6.45) is -0.231. The second-order valence-corrected chi connectivity index (χ2v) is 6.69. The van der Waals surface area contributed by atoms with Crippen LogP contribution < -0.4 is 0 Å². The molecule has 0 saturated carbocycles. The predicted molar refractivity (Wildman–Crippen MR) is 96.6 cm³/mol. The van der Waals surface area contributed by atoms with Gasteiger partial charge in [0.1, 0.15) is 11.6 Å². The molecule has 0 bridgehead atoms. The lowest BCUT2D eigenvalue weighted by molar-refractivity contribution is -0.0685. The predicted octanol–water partition coefficient (Wildman–Crippen LogP) is 2.68. The number of halogens is 1. The second-order valence-electron chi connectivity index (χ2n) is 6.69. The van der Waals surface area contributed by atoms with Crippen LogP contribution in [0.5, 0.6) is 5.75 Å². The molecule has 6 heteroatoms. The zero-order chi connectivity index (χ0) is 18.7. The number of phenols is 1. The lowest BCUT2D eigenvalue weighted by atomic mass is 9.96. The molecule has 26 heavy (non-hydrogen) atoms. The molecule has 2 atom stereocenters. The van der Waals surface area contributed by atoms with Gasteiger partial charge in [0.25, 0.3) is 5.91 Å². The maximum absolute atomic E-state index is 14.2. The van der Waals surface area contributed by atoms with Crippen LogP contribution in [0.2, 0.25) is 0 Å². The average Bonchev–Trinajstić information content (AvgIpc) is 2.63. The summed E-state index contributed by atoms with van der Waals surface area (Å²) in [5, 5.41) is 9.67. The van der Waals surface area contributed by atoms with Crippen molar-refractivity contribution in [2.24, 2.45) is 0 Å². The first-order valence-electron chi connectivity index (χ1n) is 8.58. The van der Waals surface area contributed by atoms with Gasteiger partial charge in [-0.25, -0.2) is 4.39 Å². The number of likely N-dealkylation sites (N-methyl/N-ethyl adjacent to an activating group) is 1. The number of nitrogens with zero attached hydrogens (tertiary/aromatic N) is 2. The fraction of sp³-hybridized carbons (Fsp3) is 0.350. The van der Waals surface area contributed by atoms with Crippen molar-refractivity contribution in [2.75, 3.05) is 33.8 Å². The average molecular weight is 358 g/mol. The Morgan fingerprint density at radius 3 is 2.69 bits per heavy atom. The normalized spacial score (nSPS) is 20.4. The number of amides is 1. The molecule has 1 heterocycles. The fourth-order valence-corrected chi connectivity index (χ4v) is 3.35. The minimum absolute atomic E-state index is 0.128. The SMILES string of the molecule is CN(C)C[C@@H]1OCCN(C(=O)c2cc(O)ccc2F)[C@H]1c1ccccc1. The van der Waals surface area contributed by atoms with E-state index < -0.39 is 11.7 Å². The Bertz CT molecular complexity index is 767. The molecular formula is C20H23FN2O3. The summed E-state index contributed by atoms with van der Waals surface area (Å²) in [6.45, 7) is 1.37. The van der Waals surface area contributed by atoms with Gasteiger partial charge in [0.05, 0.1) is 24.3 Å². The quantitative estimate of drug-likeness (QED) is 0.913. The number of phenolic OH excluding ortho intramolecular Hbond substituents is 1. The van der Waals surface area contributed by atoms with E-state index in [1.807, 2.05) is 49.3 Å². The van der Waals surface area contributed by atoms with Crippen molar-refractivity contribution >= 4 is 5.91 Å². The van der Waals surface area contributed by atoms with E-state index in [0.717, 1.165) is 11.6 Å². The number of aromatic hydroxyl groups is 1. The van der Waals surface area contributed by atoms with Crippen molar-refractivity contribution in [3.63, 3.8) is 0 Å². The highest BCUT2D eigenvalue weighted by atomic mass is 19.1. The molecule has 1 amide bonds. The van der Waals surface area contributed by atoms with Crippen molar-refractivity contribution < 1.29 is 19.0 Å². The Labute approximate surface area is 152 Å². The first-order chi connectivity index (χ1) is 12.5. The third-order valence-corrected chi connectivity index (χ3v) is 4.48. The number of hydrogen-bond donors (Lipinski definition) is 1. The molecule has 0 aliphatic carbocycles. The van der Waals surface area contributed by atoms with Gasteiger partial charge >= 0.3 is 0 Å². The van der Waals surface area contributed by atoms with Crippen molar-refractivity contribution in [3.8, 4) is 5.75 Å². The van der Waals surface area contributed by atoms with Gasteiger partial charge in [0.2, 0.25) is 0 Å². The Morgan fingerprint density at radius 2 is 2.00 bits per heavy atom. The van der Waals surface area contributed by atoms with E-state index >= 15 is 0 Å². The van der Waals surface area contributed by atoms with Crippen LogP contribution in [-0.4, -0.2) is 60.7 Å². The van der Waals surface area contributed by atoms with Gasteiger partial charge in [-0.3, -0.25) is 4.79 Å². The van der Waals surface area contributed by atoms with Gasteiger partial charge in [0, 0.05) is 13.1 Å². The van der Waals surface area contributed by atoms with E-state index in [4.69, 9.17) is 4.74 Å². The third kappa shape index (κ3) is 3.86. The van der Waals surface area contributed by atoms with Crippen LogP contribution >= 0.6 is 0 Å². The topological polar surface area (TPSA) is 53.0 Å². The molecule has 3 rings (SSSR count). The maximum Gasteiger partial charge on any atom is 0.257 e. The number of benzene rings is 2. The third-order valence-electron chi connectivity index (χ3n) is 4.48. The Morgan fingerprint density at radius 1 is 1.27 bits per heavy atom. The molecule has 2 aromatic carbocycles. The second kappa shape index (κ2) is 7.85. The molecule has 0 spiro atoms. The molecule has 1 fully saturated rings. The number of morpholine rings is 1. The van der Waals surface area contributed by atoms with Crippen LogP contribution in [0.3, 0.4) is 0 Å². The number of rotatable bonds is 4. The molecule has 1 aliphatic heterocycles. The Balaban J connectivity index is 1.99. The zero-order valence-corrected chi connectivity index (χ0v) is 14.9. The minimum atomic E-state index is -0.643. The van der Waals surface area contributed by atoms with Crippen LogP contribution in [0.4, 0.5) is 4.39 Å². The summed E-state index contributed by atoms with van der Waals surface area (Å²) in [4.78, 5) is 16.7. The molecular weight excluding hydrogens is 335 g/mol. The number of carbonyl (C=O) groups is 1. The smallest absolute Gasteiger partial charge is 0.257 e. The minimum Gasteiger partial charge on any atom is -0.508 e. The first-order valence-corrected chi connectivity index (χ1v) is 8.58. The lowest BCUT2D eigenvalue weighted by Gasteiger charge is -2.42. The van der Waals surface area contributed by atoms with Crippen LogP contribution in [0.1, 0.15) is 22.0 Å². The maximum atomic E-state index is 14.2. The van der Waals surface area contributed by atoms with Crippen molar-refractivity contribution in [2.45, 2.75) is 12.1 Å². The largest absolute Gasteiger partial charge is 0.508 e. The van der Waals surface area contributed by atoms with E-state index in [2.05, 4.69) is 0 Å². The van der Waals surface area contributed by atoms with Crippen molar-refractivity contribution in [1.29, 1.82) is 0 Å². The monoisotopic (exact) mass is 358 g/mol. The number of carbonyl (C=O) groups excluding carboxylic acids is 1. The summed E-state index contributed by atoms with van der Waals surface area (Å²) in [5.74, 6) is -1.22. The van der Waals surface area contributed by atoms with E-state index in [0.29, 0.717) is 19.7 Å². The van der Waals surface area contributed by atoms with Crippen LogP contribution in [0.15, 0.2) is 48.5 Å². The van der Waals surface area contributed by atoms with E-state index in [1.165, 1.54) is 12.1 Å². The van der Waals surface area contributed by atoms with Crippen molar-refractivity contribution in [1.82, 2.24) is 9.80 Å². The molecule has 2 aromatic rings. The van der Waals surface area contributed by atoms with Gasteiger partial charge in [0.15, 0.2) is 0 Å². The van der Waals surface area contributed by atoms with E-state index in [-0.39, 0.29) is 23.5 Å². The summed E-state index contributed by atoms with van der Waals surface area (Å²) >= 11 is 0. The molecule has 1 saturated heterocycles. The summed E-state index contributed by atoms with van der Waals surface area (Å²) in [6, 6.07) is 12.8. The standard InChI is InChI=1S/C20H23FN2O3/c1-22(2)13-18-19(14-6-4-3-5-7-14)23(10-11-26-18)20(25)16-12-15(24)8-9-17(16)21/h3-9,12,18-19,24H,10-11,13H2,1-2H3/t18-,19-/m0/s1. The summed E-state index contributed by atoms with van der Waals surface area (Å²) in [7, 11) is 3.89.